The molecule has 90 valence electrons. The molecule has 0 fully saturated rings. The Labute approximate surface area is 101 Å². The zero-order valence-electron chi connectivity index (χ0n) is 10.2. The van der Waals surface area contributed by atoms with Gasteiger partial charge >= 0.3 is 0 Å². The van der Waals surface area contributed by atoms with Crippen molar-refractivity contribution in [1.82, 2.24) is 0 Å². The van der Waals surface area contributed by atoms with Gasteiger partial charge in [-0.05, 0) is 42.7 Å². The SMILES string of the molecule is COc1ccc(OC)c(C2=CC(=O)CCC2)c1. The number of allylic oxidation sites excluding steroid dienone is 2. The van der Waals surface area contributed by atoms with Crippen LogP contribution in [0, 0.1) is 0 Å². The molecule has 0 aromatic heterocycles. The van der Waals surface area contributed by atoms with E-state index in [0.717, 1.165) is 35.5 Å². The molecule has 0 N–H and O–H groups in total. The van der Waals surface area contributed by atoms with Crippen LogP contribution in [0.25, 0.3) is 5.57 Å². The van der Waals surface area contributed by atoms with Gasteiger partial charge in [0.1, 0.15) is 11.5 Å². The number of hydrogen-bond acceptors (Lipinski definition) is 3. The first kappa shape index (κ1) is 11.7. The fourth-order valence-corrected chi connectivity index (χ4v) is 2.07. The van der Waals surface area contributed by atoms with Crippen LogP contribution in [0.4, 0.5) is 0 Å². The number of methoxy groups -OCH3 is 2. The number of hydrogen-bond donors (Lipinski definition) is 0. The van der Waals surface area contributed by atoms with Gasteiger partial charge in [-0.2, -0.15) is 0 Å². The average molecular weight is 232 g/mol. The molecule has 3 heteroatoms. The van der Waals surface area contributed by atoms with Crippen LogP contribution < -0.4 is 9.47 Å². The lowest BCUT2D eigenvalue weighted by Gasteiger charge is -2.16. The third-order valence-corrected chi connectivity index (χ3v) is 2.96. The van der Waals surface area contributed by atoms with Crippen LogP contribution in [0.2, 0.25) is 0 Å². The second-order valence-electron chi connectivity index (χ2n) is 4.06. The topological polar surface area (TPSA) is 35.5 Å². The van der Waals surface area contributed by atoms with E-state index in [-0.39, 0.29) is 5.78 Å². The fourth-order valence-electron chi connectivity index (χ4n) is 2.07. The van der Waals surface area contributed by atoms with Gasteiger partial charge in [-0.1, -0.05) is 0 Å². The van der Waals surface area contributed by atoms with E-state index in [9.17, 15) is 4.79 Å². The van der Waals surface area contributed by atoms with Gasteiger partial charge in [-0.15, -0.1) is 0 Å². The molecule has 2 rings (SSSR count). The van der Waals surface area contributed by atoms with Gasteiger partial charge in [0.15, 0.2) is 5.78 Å². The van der Waals surface area contributed by atoms with E-state index in [1.807, 2.05) is 18.2 Å². The number of ether oxygens (including phenoxy) is 2. The van der Waals surface area contributed by atoms with Crippen molar-refractivity contribution in [2.24, 2.45) is 0 Å². The van der Waals surface area contributed by atoms with E-state index < -0.39 is 0 Å². The van der Waals surface area contributed by atoms with E-state index in [2.05, 4.69) is 0 Å². The van der Waals surface area contributed by atoms with Gasteiger partial charge in [-0.25, -0.2) is 0 Å². The Bertz CT molecular complexity index is 461. The summed E-state index contributed by atoms with van der Waals surface area (Å²) < 4.78 is 10.5. The van der Waals surface area contributed by atoms with Crippen LogP contribution >= 0.6 is 0 Å². The highest BCUT2D eigenvalue weighted by molar-refractivity contribution is 5.99. The quantitative estimate of drug-likeness (QED) is 0.803. The average Bonchev–Trinajstić information content (AvgIpc) is 2.38. The Kier molecular flexibility index (Phi) is 3.47. The highest BCUT2D eigenvalue weighted by Crippen LogP contribution is 2.34. The number of benzene rings is 1. The largest absolute Gasteiger partial charge is 0.497 e. The van der Waals surface area contributed by atoms with Crippen molar-refractivity contribution < 1.29 is 14.3 Å². The van der Waals surface area contributed by atoms with Crippen LogP contribution in [0.3, 0.4) is 0 Å². The predicted molar refractivity (Wildman–Crippen MR) is 66.4 cm³/mol. The number of ketones is 1. The van der Waals surface area contributed by atoms with Crippen molar-refractivity contribution in [1.29, 1.82) is 0 Å². The zero-order chi connectivity index (χ0) is 12.3. The first-order valence-electron chi connectivity index (χ1n) is 5.70. The molecule has 0 aliphatic heterocycles. The molecule has 0 atom stereocenters. The molecule has 0 amide bonds. The second-order valence-corrected chi connectivity index (χ2v) is 4.06. The maximum atomic E-state index is 11.5. The molecule has 1 aliphatic carbocycles. The van der Waals surface area contributed by atoms with Gasteiger partial charge in [0.05, 0.1) is 14.2 Å². The molecular weight excluding hydrogens is 216 g/mol. The van der Waals surface area contributed by atoms with E-state index in [1.54, 1.807) is 20.3 Å². The summed E-state index contributed by atoms with van der Waals surface area (Å²) in [5.74, 6) is 1.75. The van der Waals surface area contributed by atoms with Crippen molar-refractivity contribution in [3.05, 3.63) is 29.8 Å². The third-order valence-electron chi connectivity index (χ3n) is 2.96. The molecule has 17 heavy (non-hydrogen) atoms. The molecule has 1 aliphatic rings. The first-order chi connectivity index (χ1) is 8.24. The van der Waals surface area contributed by atoms with E-state index >= 15 is 0 Å². The molecule has 1 aromatic rings. The maximum Gasteiger partial charge on any atom is 0.155 e. The summed E-state index contributed by atoms with van der Waals surface area (Å²) in [6.07, 6.45) is 4.19. The summed E-state index contributed by atoms with van der Waals surface area (Å²) in [6, 6.07) is 5.64. The van der Waals surface area contributed by atoms with Gasteiger partial charge in [0.25, 0.3) is 0 Å². The normalized spacial score (nSPS) is 15.4. The highest BCUT2D eigenvalue weighted by Gasteiger charge is 2.15. The van der Waals surface area contributed by atoms with Crippen LogP contribution in [-0.4, -0.2) is 20.0 Å². The Morgan fingerprint density at radius 1 is 1.12 bits per heavy atom. The smallest absolute Gasteiger partial charge is 0.155 e. The monoisotopic (exact) mass is 232 g/mol. The maximum absolute atomic E-state index is 11.5. The Morgan fingerprint density at radius 2 is 1.94 bits per heavy atom. The Morgan fingerprint density at radius 3 is 2.59 bits per heavy atom. The molecule has 0 bridgehead atoms. The summed E-state index contributed by atoms with van der Waals surface area (Å²) in [5, 5.41) is 0. The van der Waals surface area contributed by atoms with Crippen LogP contribution in [0.1, 0.15) is 24.8 Å². The Hall–Kier alpha value is -1.77. The first-order valence-corrected chi connectivity index (χ1v) is 5.70. The van der Waals surface area contributed by atoms with Crippen LogP contribution in [0.5, 0.6) is 11.5 Å². The molecule has 0 saturated carbocycles. The molecule has 3 nitrogen and oxygen atoms in total. The summed E-state index contributed by atoms with van der Waals surface area (Å²) >= 11 is 0. The molecule has 0 unspecified atom stereocenters. The Balaban J connectivity index is 2.45. The summed E-state index contributed by atoms with van der Waals surface area (Å²) in [6.45, 7) is 0. The minimum atomic E-state index is 0.191. The van der Waals surface area contributed by atoms with Gasteiger partial charge < -0.3 is 9.47 Å². The number of rotatable bonds is 3. The van der Waals surface area contributed by atoms with Crippen molar-refractivity contribution in [2.75, 3.05) is 14.2 Å². The minimum absolute atomic E-state index is 0.191. The van der Waals surface area contributed by atoms with E-state index in [1.165, 1.54) is 0 Å². The zero-order valence-corrected chi connectivity index (χ0v) is 10.2. The fraction of sp³-hybridized carbons (Fsp3) is 0.357. The van der Waals surface area contributed by atoms with E-state index in [4.69, 9.17) is 9.47 Å². The molecule has 0 spiro atoms. The summed E-state index contributed by atoms with van der Waals surface area (Å²) in [7, 11) is 3.27. The lowest BCUT2D eigenvalue weighted by Crippen LogP contribution is -2.03. The summed E-state index contributed by atoms with van der Waals surface area (Å²) in [4.78, 5) is 11.5. The van der Waals surface area contributed by atoms with Crippen molar-refractivity contribution >= 4 is 11.4 Å². The van der Waals surface area contributed by atoms with Crippen molar-refractivity contribution in [2.45, 2.75) is 19.3 Å². The molecule has 0 saturated heterocycles. The van der Waals surface area contributed by atoms with Crippen LogP contribution in [0.15, 0.2) is 24.3 Å². The number of carbonyl (C=O) groups excluding carboxylic acids is 1. The molecular formula is C14H16O3. The molecule has 0 heterocycles. The standard InChI is InChI=1S/C14H16O3/c1-16-12-6-7-14(17-2)13(9-12)10-4-3-5-11(15)8-10/h6-9H,3-5H2,1-2H3. The lowest BCUT2D eigenvalue weighted by molar-refractivity contribution is -0.114. The molecule has 0 radical (unpaired) electrons. The minimum Gasteiger partial charge on any atom is -0.497 e. The number of carbonyl (C=O) groups is 1. The predicted octanol–water partition coefficient (Wildman–Crippen LogP) is 2.84. The second kappa shape index (κ2) is 5.04. The van der Waals surface area contributed by atoms with Gasteiger partial charge in [0.2, 0.25) is 0 Å². The van der Waals surface area contributed by atoms with Gasteiger partial charge in [0, 0.05) is 12.0 Å². The van der Waals surface area contributed by atoms with E-state index in [0.29, 0.717) is 6.42 Å². The lowest BCUT2D eigenvalue weighted by atomic mass is 9.92. The molecule has 1 aromatic carbocycles. The third kappa shape index (κ3) is 2.49. The van der Waals surface area contributed by atoms with Crippen LogP contribution in [-0.2, 0) is 4.79 Å². The highest BCUT2D eigenvalue weighted by atomic mass is 16.5. The summed E-state index contributed by atoms with van der Waals surface area (Å²) in [5.41, 5.74) is 2.00. The van der Waals surface area contributed by atoms with Crippen molar-refractivity contribution in [3.8, 4) is 11.5 Å². The van der Waals surface area contributed by atoms with Crippen molar-refractivity contribution in [3.63, 3.8) is 0 Å². The van der Waals surface area contributed by atoms with Gasteiger partial charge in [-0.3, -0.25) is 4.79 Å².